The molecule has 24 heavy (non-hydrogen) atoms. The second-order valence-corrected chi connectivity index (χ2v) is 6.42. The van der Waals surface area contributed by atoms with Crippen molar-refractivity contribution in [3.05, 3.63) is 34.9 Å². The summed E-state index contributed by atoms with van der Waals surface area (Å²) in [5, 5.41) is 3.45. The minimum atomic E-state index is -0.136. The Labute approximate surface area is 150 Å². The molecule has 0 saturated heterocycles. The Morgan fingerprint density at radius 2 is 1.75 bits per heavy atom. The van der Waals surface area contributed by atoms with Crippen LogP contribution in [-0.4, -0.2) is 36.3 Å². The van der Waals surface area contributed by atoms with Gasteiger partial charge in [0.2, 0.25) is 5.91 Å². The van der Waals surface area contributed by atoms with Crippen LogP contribution in [0.15, 0.2) is 24.3 Å². The van der Waals surface area contributed by atoms with Crippen molar-refractivity contribution in [2.75, 3.05) is 19.6 Å². The molecule has 0 aliphatic rings. The highest BCUT2D eigenvalue weighted by atomic mass is 35.5. The summed E-state index contributed by atoms with van der Waals surface area (Å²) in [6.07, 6.45) is 3.31. The van der Waals surface area contributed by atoms with Gasteiger partial charge >= 0.3 is 0 Å². The van der Waals surface area contributed by atoms with E-state index in [1.165, 1.54) is 0 Å². The first-order valence-electron chi connectivity index (χ1n) is 8.83. The van der Waals surface area contributed by atoms with Crippen LogP contribution >= 0.6 is 11.6 Å². The maximum absolute atomic E-state index is 12.3. The minimum Gasteiger partial charge on any atom is -0.352 e. The zero-order chi connectivity index (χ0) is 17.9. The molecule has 1 aromatic carbocycles. The van der Waals surface area contributed by atoms with E-state index in [4.69, 9.17) is 11.6 Å². The van der Waals surface area contributed by atoms with Gasteiger partial charge in [-0.2, -0.15) is 0 Å². The fraction of sp³-hybridized carbons (Fsp3) is 0.579. The first-order chi connectivity index (χ1) is 11.5. The summed E-state index contributed by atoms with van der Waals surface area (Å²) in [7, 11) is 0. The first-order valence-corrected chi connectivity index (χ1v) is 9.21. The molecular formula is C19H29ClN2O2. The summed E-state index contributed by atoms with van der Waals surface area (Å²) in [5.41, 5.74) is 0.578. The smallest absolute Gasteiger partial charge is 0.251 e. The Morgan fingerprint density at radius 3 is 2.29 bits per heavy atom. The number of amides is 2. The van der Waals surface area contributed by atoms with Gasteiger partial charge in [0.15, 0.2) is 0 Å². The highest BCUT2D eigenvalue weighted by molar-refractivity contribution is 6.30. The lowest BCUT2D eigenvalue weighted by Gasteiger charge is -2.25. The Balaban J connectivity index is 2.33. The van der Waals surface area contributed by atoms with Gasteiger partial charge in [-0.05, 0) is 43.5 Å². The molecule has 0 unspecified atom stereocenters. The van der Waals surface area contributed by atoms with Crippen molar-refractivity contribution in [2.24, 2.45) is 5.92 Å². The van der Waals surface area contributed by atoms with E-state index in [-0.39, 0.29) is 11.8 Å². The van der Waals surface area contributed by atoms with Crippen molar-refractivity contribution in [1.82, 2.24) is 10.2 Å². The van der Waals surface area contributed by atoms with Crippen molar-refractivity contribution in [1.29, 1.82) is 0 Å². The van der Waals surface area contributed by atoms with E-state index in [0.717, 1.165) is 25.9 Å². The van der Waals surface area contributed by atoms with Gasteiger partial charge in [0.1, 0.15) is 0 Å². The van der Waals surface area contributed by atoms with Crippen LogP contribution in [0, 0.1) is 5.92 Å². The third-order valence-electron chi connectivity index (χ3n) is 4.33. The number of carbonyl (C=O) groups is 2. The number of rotatable bonds is 10. The van der Waals surface area contributed by atoms with Gasteiger partial charge < -0.3 is 10.2 Å². The van der Waals surface area contributed by atoms with Crippen LogP contribution in [0.25, 0.3) is 0 Å². The van der Waals surface area contributed by atoms with E-state index in [1.54, 1.807) is 24.3 Å². The lowest BCUT2D eigenvalue weighted by atomic mass is 10.0. The average Bonchev–Trinajstić information content (AvgIpc) is 2.60. The fourth-order valence-corrected chi connectivity index (χ4v) is 2.69. The molecule has 5 heteroatoms. The summed E-state index contributed by atoms with van der Waals surface area (Å²) >= 11 is 5.80. The van der Waals surface area contributed by atoms with Gasteiger partial charge in [0.05, 0.1) is 0 Å². The molecule has 0 aliphatic carbocycles. The summed E-state index contributed by atoms with van der Waals surface area (Å²) in [6.45, 7) is 8.42. The second kappa shape index (κ2) is 11.1. The molecule has 4 nitrogen and oxygen atoms in total. The molecule has 0 heterocycles. The third kappa shape index (κ3) is 6.91. The van der Waals surface area contributed by atoms with Crippen LogP contribution in [0.3, 0.4) is 0 Å². The molecule has 2 amide bonds. The maximum atomic E-state index is 12.3. The average molecular weight is 353 g/mol. The minimum absolute atomic E-state index is 0.136. The number of benzene rings is 1. The molecule has 134 valence electrons. The van der Waals surface area contributed by atoms with Crippen LogP contribution in [0.5, 0.6) is 0 Å². The molecule has 0 aromatic heterocycles. The van der Waals surface area contributed by atoms with Gasteiger partial charge in [-0.15, -0.1) is 0 Å². The SMILES string of the molecule is CCC(CC)CN(CC)C(=O)CCCNC(=O)c1ccc(Cl)cc1. The zero-order valence-electron chi connectivity index (χ0n) is 15.0. The van der Waals surface area contributed by atoms with Gasteiger partial charge in [0, 0.05) is 36.6 Å². The molecule has 1 rings (SSSR count). The predicted octanol–water partition coefficient (Wildman–Crippen LogP) is 4.13. The van der Waals surface area contributed by atoms with Crippen molar-refractivity contribution < 1.29 is 9.59 Å². The van der Waals surface area contributed by atoms with Crippen molar-refractivity contribution >= 4 is 23.4 Å². The van der Waals surface area contributed by atoms with Crippen molar-refractivity contribution in [3.8, 4) is 0 Å². The van der Waals surface area contributed by atoms with Crippen molar-refractivity contribution in [3.63, 3.8) is 0 Å². The lowest BCUT2D eigenvalue weighted by Crippen LogP contribution is -2.35. The summed E-state index contributed by atoms with van der Waals surface area (Å²) in [6, 6.07) is 6.77. The van der Waals surface area contributed by atoms with Crippen molar-refractivity contribution in [2.45, 2.75) is 46.5 Å². The number of carbonyl (C=O) groups excluding carboxylic acids is 2. The van der Waals surface area contributed by atoms with Gasteiger partial charge in [-0.3, -0.25) is 9.59 Å². The molecule has 1 aromatic rings. The Bertz CT molecular complexity index is 513. The molecule has 1 N–H and O–H groups in total. The van der Waals surface area contributed by atoms with E-state index in [1.807, 2.05) is 11.8 Å². The molecule has 0 radical (unpaired) electrons. The third-order valence-corrected chi connectivity index (χ3v) is 4.58. The Hall–Kier alpha value is -1.55. The van der Waals surface area contributed by atoms with E-state index >= 15 is 0 Å². The molecule has 0 bridgehead atoms. The molecule has 0 atom stereocenters. The van der Waals surface area contributed by atoms with E-state index in [0.29, 0.717) is 35.9 Å². The highest BCUT2D eigenvalue weighted by Crippen LogP contribution is 2.11. The lowest BCUT2D eigenvalue weighted by molar-refractivity contribution is -0.131. The summed E-state index contributed by atoms with van der Waals surface area (Å²) in [4.78, 5) is 26.2. The van der Waals surface area contributed by atoms with Crippen LogP contribution in [0.1, 0.15) is 56.8 Å². The summed E-state index contributed by atoms with van der Waals surface area (Å²) < 4.78 is 0. The number of hydrogen-bond donors (Lipinski definition) is 1. The maximum Gasteiger partial charge on any atom is 0.251 e. The second-order valence-electron chi connectivity index (χ2n) is 5.98. The quantitative estimate of drug-likeness (QED) is 0.643. The van der Waals surface area contributed by atoms with E-state index in [9.17, 15) is 9.59 Å². The molecule has 0 spiro atoms. The number of hydrogen-bond acceptors (Lipinski definition) is 2. The molecule has 0 saturated carbocycles. The van der Waals surface area contributed by atoms with Crippen LogP contribution in [0.4, 0.5) is 0 Å². The zero-order valence-corrected chi connectivity index (χ0v) is 15.7. The molecular weight excluding hydrogens is 324 g/mol. The first kappa shape index (κ1) is 20.5. The van der Waals surface area contributed by atoms with Crippen LogP contribution in [0.2, 0.25) is 5.02 Å². The highest BCUT2D eigenvalue weighted by Gasteiger charge is 2.15. The topological polar surface area (TPSA) is 49.4 Å². The normalized spacial score (nSPS) is 10.7. The standard InChI is InChI=1S/C19H29ClN2O2/c1-4-15(5-2)14-22(6-3)18(23)8-7-13-21-19(24)16-9-11-17(20)12-10-16/h9-12,15H,4-8,13-14H2,1-3H3,(H,21,24). The van der Waals surface area contributed by atoms with E-state index < -0.39 is 0 Å². The monoisotopic (exact) mass is 352 g/mol. The van der Waals surface area contributed by atoms with Crippen LogP contribution in [-0.2, 0) is 4.79 Å². The molecule has 0 aliphatic heterocycles. The van der Waals surface area contributed by atoms with Gasteiger partial charge in [-0.25, -0.2) is 0 Å². The van der Waals surface area contributed by atoms with Crippen LogP contribution < -0.4 is 5.32 Å². The number of nitrogens with one attached hydrogen (secondary N) is 1. The fourth-order valence-electron chi connectivity index (χ4n) is 2.57. The Kier molecular flexibility index (Phi) is 9.46. The predicted molar refractivity (Wildman–Crippen MR) is 99.3 cm³/mol. The number of nitrogens with zero attached hydrogens (tertiary/aromatic N) is 1. The summed E-state index contributed by atoms with van der Waals surface area (Å²) in [5.74, 6) is 0.604. The number of halogens is 1. The Morgan fingerprint density at radius 1 is 1.12 bits per heavy atom. The van der Waals surface area contributed by atoms with E-state index in [2.05, 4.69) is 19.2 Å². The molecule has 0 fully saturated rings. The van der Waals surface area contributed by atoms with Gasteiger partial charge in [0.25, 0.3) is 5.91 Å². The van der Waals surface area contributed by atoms with Gasteiger partial charge in [-0.1, -0.05) is 38.3 Å². The largest absolute Gasteiger partial charge is 0.352 e.